The Hall–Kier alpha value is -1.64. The van der Waals surface area contributed by atoms with Crippen molar-refractivity contribution in [3.63, 3.8) is 0 Å². The van der Waals surface area contributed by atoms with Crippen LogP contribution in [0.4, 0.5) is 0 Å². The number of hydrogen-bond acceptors (Lipinski definition) is 5. The molecule has 3 rings (SSSR count). The molecule has 0 bridgehead atoms. The van der Waals surface area contributed by atoms with Crippen LogP contribution >= 0.6 is 12.4 Å². The molecule has 1 unspecified atom stereocenters. The van der Waals surface area contributed by atoms with E-state index in [0.29, 0.717) is 36.9 Å². The minimum absolute atomic E-state index is 0. The maximum absolute atomic E-state index is 13.3. The normalized spacial score (nSPS) is 17.9. The smallest absolute Gasteiger partial charge is 0.243 e. The van der Waals surface area contributed by atoms with Crippen molar-refractivity contribution in [1.29, 1.82) is 0 Å². The minimum atomic E-state index is -3.62. The third-order valence-corrected chi connectivity index (χ3v) is 6.46. The largest absolute Gasteiger partial charge is 0.496 e. The average molecular weight is 413 g/mol. The highest BCUT2D eigenvalue weighted by Crippen LogP contribution is 2.33. The fraction of sp³-hybridized carbons (Fsp3) is 0.368. The lowest BCUT2D eigenvalue weighted by molar-refractivity contribution is 0.185. The highest BCUT2D eigenvalue weighted by atomic mass is 35.5. The molecule has 0 spiro atoms. The summed E-state index contributed by atoms with van der Waals surface area (Å²) in [5.41, 5.74) is 1.80. The monoisotopic (exact) mass is 412 g/mol. The summed E-state index contributed by atoms with van der Waals surface area (Å²) in [4.78, 5) is 0.291. The quantitative estimate of drug-likeness (QED) is 0.789. The van der Waals surface area contributed by atoms with Gasteiger partial charge in [-0.1, -0.05) is 30.3 Å². The van der Waals surface area contributed by atoms with Crippen LogP contribution in [0, 0.1) is 0 Å². The lowest BCUT2D eigenvalue weighted by Crippen LogP contribution is -2.48. The van der Waals surface area contributed by atoms with Crippen molar-refractivity contribution in [2.75, 3.05) is 33.9 Å². The molecule has 1 aliphatic heterocycles. The van der Waals surface area contributed by atoms with Gasteiger partial charge in [-0.15, -0.1) is 12.4 Å². The fourth-order valence-corrected chi connectivity index (χ4v) is 4.85. The summed E-state index contributed by atoms with van der Waals surface area (Å²) in [7, 11) is -0.405. The number of nitrogens with one attached hydrogen (secondary N) is 1. The highest BCUT2D eigenvalue weighted by Gasteiger charge is 2.35. The molecule has 0 saturated carbocycles. The molecular formula is C19H25ClN2O4S. The summed E-state index contributed by atoms with van der Waals surface area (Å²) in [6, 6.07) is 14.1. The molecule has 1 fully saturated rings. The SMILES string of the molecule is COCc1ccc(S(=O)(=O)N2CCNCC2c2ccccc2OC)cc1.Cl. The first-order valence-electron chi connectivity index (χ1n) is 8.51. The lowest BCUT2D eigenvalue weighted by Gasteiger charge is -2.36. The summed E-state index contributed by atoms with van der Waals surface area (Å²) in [5.74, 6) is 0.692. The lowest BCUT2D eigenvalue weighted by atomic mass is 10.0. The van der Waals surface area contributed by atoms with Gasteiger partial charge in [-0.25, -0.2) is 8.42 Å². The Labute approximate surface area is 166 Å². The first-order valence-corrected chi connectivity index (χ1v) is 9.95. The maximum Gasteiger partial charge on any atom is 0.243 e. The third-order valence-electron chi connectivity index (χ3n) is 4.53. The molecule has 0 amide bonds. The van der Waals surface area contributed by atoms with Gasteiger partial charge in [0.05, 0.1) is 24.7 Å². The van der Waals surface area contributed by atoms with Crippen molar-refractivity contribution in [2.45, 2.75) is 17.5 Å². The van der Waals surface area contributed by atoms with Crippen LogP contribution in [0.2, 0.25) is 0 Å². The molecule has 2 aromatic carbocycles. The minimum Gasteiger partial charge on any atom is -0.496 e. The number of methoxy groups -OCH3 is 2. The van der Waals surface area contributed by atoms with Crippen molar-refractivity contribution in [2.24, 2.45) is 0 Å². The zero-order valence-corrected chi connectivity index (χ0v) is 17.1. The Morgan fingerprint density at radius 2 is 1.81 bits per heavy atom. The zero-order valence-electron chi connectivity index (χ0n) is 15.4. The molecular weight excluding hydrogens is 388 g/mol. The summed E-state index contributed by atoms with van der Waals surface area (Å²) in [6.45, 7) is 2.02. The van der Waals surface area contributed by atoms with Gasteiger partial charge in [0.25, 0.3) is 0 Å². The van der Waals surface area contributed by atoms with Crippen molar-refractivity contribution in [3.8, 4) is 5.75 Å². The third kappa shape index (κ3) is 4.62. The van der Waals surface area contributed by atoms with Gasteiger partial charge in [0, 0.05) is 32.3 Å². The fourth-order valence-electron chi connectivity index (χ4n) is 3.24. The molecule has 8 heteroatoms. The van der Waals surface area contributed by atoms with Gasteiger partial charge in [-0.05, 0) is 23.8 Å². The Morgan fingerprint density at radius 3 is 2.48 bits per heavy atom. The van der Waals surface area contributed by atoms with E-state index in [1.807, 2.05) is 24.3 Å². The second-order valence-electron chi connectivity index (χ2n) is 6.15. The molecule has 0 radical (unpaired) electrons. The summed E-state index contributed by atoms with van der Waals surface area (Å²) in [6.07, 6.45) is 0. The maximum atomic E-state index is 13.3. The van der Waals surface area contributed by atoms with E-state index in [1.165, 1.54) is 0 Å². The molecule has 27 heavy (non-hydrogen) atoms. The van der Waals surface area contributed by atoms with Crippen LogP contribution in [0.25, 0.3) is 0 Å². The average Bonchev–Trinajstić information content (AvgIpc) is 2.68. The van der Waals surface area contributed by atoms with Crippen molar-refractivity contribution in [3.05, 3.63) is 59.7 Å². The molecule has 6 nitrogen and oxygen atoms in total. The first kappa shape index (κ1) is 21.7. The van der Waals surface area contributed by atoms with Crippen LogP contribution in [0.3, 0.4) is 0 Å². The van der Waals surface area contributed by atoms with Crippen LogP contribution in [0.15, 0.2) is 53.4 Å². The predicted molar refractivity (Wildman–Crippen MR) is 107 cm³/mol. The Kier molecular flexibility index (Phi) is 7.64. The second kappa shape index (κ2) is 9.52. The number of nitrogens with zero attached hydrogens (tertiary/aromatic N) is 1. The number of hydrogen-bond donors (Lipinski definition) is 1. The number of piperazine rings is 1. The van der Waals surface area contributed by atoms with Gasteiger partial charge < -0.3 is 14.8 Å². The number of sulfonamides is 1. The van der Waals surface area contributed by atoms with E-state index < -0.39 is 10.0 Å². The molecule has 0 aliphatic carbocycles. The van der Waals surface area contributed by atoms with Gasteiger partial charge in [0.15, 0.2) is 0 Å². The summed E-state index contributed by atoms with van der Waals surface area (Å²) in [5, 5.41) is 3.29. The van der Waals surface area contributed by atoms with Crippen molar-refractivity contribution < 1.29 is 17.9 Å². The topological polar surface area (TPSA) is 67.9 Å². The molecule has 1 saturated heterocycles. The number of benzene rings is 2. The van der Waals surface area contributed by atoms with Gasteiger partial charge >= 0.3 is 0 Å². The number of halogens is 1. The van der Waals surface area contributed by atoms with E-state index in [4.69, 9.17) is 9.47 Å². The van der Waals surface area contributed by atoms with Crippen LogP contribution in [0.1, 0.15) is 17.2 Å². The molecule has 2 aromatic rings. The van der Waals surface area contributed by atoms with Crippen LogP contribution in [0.5, 0.6) is 5.75 Å². The first-order chi connectivity index (χ1) is 12.6. The Morgan fingerprint density at radius 1 is 1.11 bits per heavy atom. The number of para-hydroxylation sites is 1. The van der Waals surface area contributed by atoms with Gasteiger partial charge in [-0.2, -0.15) is 4.31 Å². The molecule has 1 N–H and O–H groups in total. The molecule has 0 aromatic heterocycles. The summed E-state index contributed by atoms with van der Waals surface area (Å²) < 4.78 is 38.6. The molecule has 148 valence electrons. The highest BCUT2D eigenvalue weighted by molar-refractivity contribution is 7.89. The van der Waals surface area contributed by atoms with Crippen LogP contribution in [-0.4, -0.2) is 46.6 Å². The molecule has 1 heterocycles. The summed E-state index contributed by atoms with van der Waals surface area (Å²) >= 11 is 0. The van der Waals surface area contributed by atoms with E-state index >= 15 is 0 Å². The predicted octanol–water partition coefficient (Wildman–Crippen LogP) is 2.60. The Bertz CT molecular complexity index is 843. The van der Waals surface area contributed by atoms with Crippen LogP contribution in [-0.2, 0) is 21.4 Å². The van der Waals surface area contributed by atoms with E-state index in [-0.39, 0.29) is 18.4 Å². The van der Waals surface area contributed by atoms with E-state index in [9.17, 15) is 8.42 Å². The van der Waals surface area contributed by atoms with Gasteiger partial charge in [-0.3, -0.25) is 0 Å². The van der Waals surface area contributed by atoms with Crippen molar-refractivity contribution >= 4 is 22.4 Å². The van der Waals surface area contributed by atoms with E-state index in [1.54, 1.807) is 42.8 Å². The standard InChI is InChI=1S/C19H24N2O4S.ClH/c1-24-14-15-7-9-16(10-8-15)26(22,23)21-12-11-20-13-18(21)17-5-3-4-6-19(17)25-2;/h3-10,18,20H,11-14H2,1-2H3;1H. The van der Waals surface area contributed by atoms with E-state index in [2.05, 4.69) is 5.32 Å². The number of rotatable bonds is 6. The van der Waals surface area contributed by atoms with Crippen LogP contribution < -0.4 is 10.1 Å². The number of ether oxygens (including phenoxy) is 2. The van der Waals surface area contributed by atoms with Gasteiger partial charge in [0.1, 0.15) is 5.75 Å². The molecule has 1 atom stereocenters. The second-order valence-corrected chi connectivity index (χ2v) is 8.05. The van der Waals surface area contributed by atoms with Crippen molar-refractivity contribution in [1.82, 2.24) is 9.62 Å². The Balaban J connectivity index is 0.00000261. The van der Waals surface area contributed by atoms with Gasteiger partial charge in [0.2, 0.25) is 10.0 Å². The zero-order chi connectivity index (χ0) is 18.6. The van der Waals surface area contributed by atoms with E-state index in [0.717, 1.165) is 11.1 Å². The molecule has 1 aliphatic rings.